The Labute approximate surface area is 70.7 Å². The molecular formula is C11H19-. The van der Waals surface area contributed by atoms with Gasteiger partial charge in [0, 0.05) is 0 Å². The van der Waals surface area contributed by atoms with E-state index in [1.54, 1.807) is 0 Å². The van der Waals surface area contributed by atoms with Crippen molar-refractivity contribution in [3.8, 4) is 0 Å². The zero-order valence-corrected chi connectivity index (χ0v) is 7.77. The topological polar surface area (TPSA) is 0 Å². The van der Waals surface area contributed by atoms with Gasteiger partial charge in [-0.25, -0.2) is 0 Å². The first-order valence-corrected chi connectivity index (χ1v) is 4.66. The van der Waals surface area contributed by atoms with Crippen LogP contribution in [0.5, 0.6) is 0 Å². The number of allylic oxidation sites excluding steroid dienone is 1. The molecule has 0 amide bonds. The smallest absolute Gasteiger partial charge is 0.0205 e. The van der Waals surface area contributed by atoms with Gasteiger partial charge in [-0.1, -0.05) is 38.2 Å². The summed E-state index contributed by atoms with van der Waals surface area (Å²) >= 11 is 0. The van der Waals surface area contributed by atoms with E-state index in [-0.39, 0.29) is 0 Å². The predicted octanol–water partition coefficient (Wildman–Crippen LogP) is 3.45. The van der Waals surface area contributed by atoms with Crippen LogP contribution in [0.3, 0.4) is 0 Å². The van der Waals surface area contributed by atoms with Crippen molar-refractivity contribution in [2.75, 3.05) is 0 Å². The second-order valence-corrected chi connectivity index (χ2v) is 3.74. The molecule has 0 aromatic carbocycles. The summed E-state index contributed by atoms with van der Waals surface area (Å²) in [5.41, 5.74) is 0.538. The summed E-state index contributed by atoms with van der Waals surface area (Å²) in [5.74, 6) is 1.39. The molecule has 1 saturated carbocycles. The van der Waals surface area contributed by atoms with E-state index in [0.717, 1.165) is 0 Å². The first kappa shape index (κ1) is 8.83. The van der Waals surface area contributed by atoms with Gasteiger partial charge in [0.25, 0.3) is 0 Å². The molecule has 0 heterocycles. The van der Waals surface area contributed by atoms with Crippen molar-refractivity contribution >= 4 is 0 Å². The molecule has 3 atom stereocenters. The van der Waals surface area contributed by atoms with E-state index in [4.69, 9.17) is 0 Å². The maximum Gasteiger partial charge on any atom is -0.0205 e. The van der Waals surface area contributed by atoms with Gasteiger partial charge in [0.2, 0.25) is 0 Å². The summed E-state index contributed by atoms with van der Waals surface area (Å²) in [4.78, 5) is 0. The van der Waals surface area contributed by atoms with E-state index in [9.17, 15) is 0 Å². The monoisotopic (exact) mass is 151 g/mol. The van der Waals surface area contributed by atoms with E-state index in [0.29, 0.717) is 17.3 Å². The maximum absolute atomic E-state index is 4.14. The maximum atomic E-state index is 4.14. The standard InChI is InChI=1S/C11H19/c1-5-10(6-2)11(7-3)8-9(11)4/h5,9-10H,1,4,6-8H2,2-3H3/q-1. The van der Waals surface area contributed by atoms with Crippen LogP contribution in [0.1, 0.15) is 33.1 Å². The lowest BCUT2D eigenvalue weighted by molar-refractivity contribution is 0.329. The molecule has 0 heteroatoms. The molecule has 1 fully saturated rings. The van der Waals surface area contributed by atoms with Gasteiger partial charge in [-0.05, 0) is 12.3 Å². The molecule has 11 heavy (non-hydrogen) atoms. The number of rotatable bonds is 4. The fourth-order valence-corrected chi connectivity index (χ4v) is 2.36. The van der Waals surface area contributed by atoms with E-state index < -0.39 is 0 Å². The van der Waals surface area contributed by atoms with Crippen molar-refractivity contribution in [3.63, 3.8) is 0 Å². The molecule has 64 valence electrons. The van der Waals surface area contributed by atoms with Crippen LogP contribution in [-0.2, 0) is 0 Å². The summed E-state index contributed by atoms with van der Waals surface area (Å²) in [6, 6.07) is 0. The average Bonchev–Trinajstić information content (AvgIpc) is 2.66. The van der Waals surface area contributed by atoms with Crippen LogP contribution in [0.4, 0.5) is 0 Å². The van der Waals surface area contributed by atoms with Crippen molar-refractivity contribution < 1.29 is 0 Å². The average molecular weight is 151 g/mol. The molecule has 1 aliphatic carbocycles. The second-order valence-electron chi connectivity index (χ2n) is 3.74. The summed E-state index contributed by atoms with van der Waals surface area (Å²) in [6.45, 7) is 12.6. The van der Waals surface area contributed by atoms with Gasteiger partial charge in [0.1, 0.15) is 0 Å². The fourth-order valence-electron chi connectivity index (χ4n) is 2.36. The Kier molecular flexibility index (Phi) is 2.41. The Hall–Kier alpha value is -0.260. The molecule has 0 N–H and O–H groups in total. The van der Waals surface area contributed by atoms with Crippen LogP contribution < -0.4 is 0 Å². The molecule has 0 nitrogen and oxygen atoms in total. The van der Waals surface area contributed by atoms with Crippen molar-refractivity contribution in [1.82, 2.24) is 0 Å². The quantitative estimate of drug-likeness (QED) is 0.426. The summed E-state index contributed by atoms with van der Waals surface area (Å²) in [7, 11) is 0. The predicted molar refractivity (Wildman–Crippen MR) is 50.2 cm³/mol. The van der Waals surface area contributed by atoms with Crippen LogP contribution in [-0.4, -0.2) is 0 Å². The highest BCUT2D eigenvalue weighted by atomic mass is 14.6. The third-order valence-corrected chi connectivity index (χ3v) is 3.40. The molecule has 0 aliphatic heterocycles. The van der Waals surface area contributed by atoms with Crippen molar-refractivity contribution in [3.05, 3.63) is 19.6 Å². The van der Waals surface area contributed by atoms with Crippen LogP contribution in [0.15, 0.2) is 12.7 Å². The van der Waals surface area contributed by atoms with Crippen molar-refractivity contribution in [2.24, 2.45) is 17.3 Å². The highest BCUT2D eigenvalue weighted by molar-refractivity contribution is 5.10. The fraction of sp³-hybridized carbons (Fsp3) is 0.727. The normalized spacial score (nSPS) is 38.3. The lowest BCUT2D eigenvalue weighted by atomic mass is 9.83. The van der Waals surface area contributed by atoms with Gasteiger partial charge in [-0.3, -0.25) is 0 Å². The molecule has 0 radical (unpaired) electrons. The minimum atomic E-state index is 0.538. The van der Waals surface area contributed by atoms with E-state index >= 15 is 0 Å². The lowest BCUT2D eigenvalue weighted by Crippen LogP contribution is -2.13. The van der Waals surface area contributed by atoms with Gasteiger partial charge >= 0.3 is 0 Å². The highest BCUT2D eigenvalue weighted by Crippen LogP contribution is 2.60. The highest BCUT2D eigenvalue weighted by Gasteiger charge is 2.47. The Morgan fingerprint density at radius 1 is 1.73 bits per heavy atom. The summed E-state index contributed by atoms with van der Waals surface area (Å²) in [5, 5.41) is 0. The zero-order valence-electron chi connectivity index (χ0n) is 7.77. The summed E-state index contributed by atoms with van der Waals surface area (Å²) in [6.07, 6.45) is 5.93. The van der Waals surface area contributed by atoms with Crippen LogP contribution in [0.2, 0.25) is 0 Å². The van der Waals surface area contributed by atoms with Crippen molar-refractivity contribution in [2.45, 2.75) is 33.1 Å². The largest absolute Gasteiger partial charge is 0.340 e. The third kappa shape index (κ3) is 1.23. The number of hydrogen-bond acceptors (Lipinski definition) is 0. The van der Waals surface area contributed by atoms with Crippen LogP contribution in [0.25, 0.3) is 0 Å². The molecule has 0 aromatic heterocycles. The molecule has 0 bridgehead atoms. The first-order valence-electron chi connectivity index (χ1n) is 4.66. The third-order valence-electron chi connectivity index (χ3n) is 3.40. The van der Waals surface area contributed by atoms with E-state index in [2.05, 4.69) is 33.4 Å². The summed E-state index contributed by atoms with van der Waals surface area (Å²) < 4.78 is 0. The Morgan fingerprint density at radius 2 is 2.27 bits per heavy atom. The lowest BCUT2D eigenvalue weighted by Gasteiger charge is -2.24. The Balaban J connectivity index is 2.62. The Morgan fingerprint density at radius 3 is 2.36 bits per heavy atom. The minimum absolute atomic E-state index is 0.538. The van der Waals surface area contributed by atoms with Gasteiger partial charge in [-0.2, -0.15) is 5.92 Å². The van der Waals surface area contributed by atoms with Gasteiger partial charge in [0.05, 0.1) is 0 Å². The first-order chi connectivity index (χ1) is 5.21. The molecule has 0 spiro atoms. The molecule has 1 rings (SSSR count). The molecule has 0 aromatic rings. The zero-order chi connectivity index (χ0) is 8.48. The minimum Gasteiger partial charge on any atom is -0.340 e. The van der Waals surface area contributed by atoms with Gasteiger partial charge in [0.15, 0.2) is 0 Å². The SMILES string of the molecule is C=CC(CC)C1(CC)CC1[CH2-]. The van der Waals surface area contributed by atoms with Gasteiger partial charge in [-0.15, -0.1) is 6.58 Å². The molecule has 1 aliphatic rings. The number of hydrogen-bond donors (Lipinski definition) is 0. The Bertz CT molecular complexity index is 144. The van der Waals surface area contributed by atoms with Crippen LogP contribution in [0, 0.1) is 24.2 Å². The molecular weight excluding hydrogens is 132 g/mol. The second kappa shape index (κ2) is 3.00. The van der Waals surface area contributed by atoms with Crippen molar-refractivity contribution in [1.29, 1.82) is 0 Å². The molecule has 0 saturated heterocycles. The molecule has 3 unspecified atom stereocenters. The van der Waals surface area contributed by atoms with E-state index in [1.165, 1.54) is 19.3 Å². The van der Waals surface area contributed by atoms with E-state index in [1.807, 2.05) is 0 Å². The van der Waals surface area contributed by atoms with Gasteiger partial charge < -0.3 is 6.92 Å². The van der Waals surface area contributed by atoms with Crippen LogP contribution >= 0.6 is 0 Å².